The average Bonchev–Trinajstić information content (AvgIpc) is 2.07. The van der Waals surface area contributed by atoms with Crippen LogP contribution in [0.15, 0.2) is 0 Å². The van der Waals surface area contributed by atoms with Gasteiger partial charge in [0.1, 0.15) is 6.10 Å². The van der Waals surface area contributed by atoms with Gasteiger partial charge in [-0.2, -0.15) is 11.8 Å². The first-order chi connectivity index (χ1) is 6.06. The van der Waals surface area contributed by atoms with Crippen molar-refractivity contribution in [1.82, 2.24) is 4.90 Å². The van der Waals surface area contributed by atoms with Gasteiger partial charge in [-0.25, -0.2) is 8.78 Å². The van der Waals surface area contributed by atoms with E-state index in [0.29, 0.717) is 6.54 Å². The predicted molar refractivity (Wildman–Crippen MR) is 50.4 cm³/mol. The van der Waals surface area contributed by atoms with E-state index in [0.717, 1.165) is 12.3 Å². The maximum Gasteiger partial charge on any atom is 0.275 e. The van der Waals surface area contributed by atoms with Crippen LogP contribution in [0.2, 0.25) is 0 Å². The summed E-state index contributed by atoms with van der Waals surface area (Å²) in [6.07, 6.45) is 0.278. The summed E-state index contributed by atoms with van der Waals surface area (Å²) in [5.41, 5.74) is 0. The standard InChI is InChI=1S/C8H15F2NOS/c1-13-5-4-11-3-2-8(9,10)7(12)6-11/h7,12H,2-6H2,1H3. The minimum atomic E-state index is -2.88. The molecule has 78 valence electrons. The molecule has 0 radical (unpaired) electrons. The average molecular weight is 211 g/mol. The molecule has 1 unspecified atom stereocenters. The Balaban J connectivity index is 2.33. The summed E-state index contributed by atoms with van der Waals surface area (Å²) in [4.78, 5) is 1.89. The summed E-state index contributed by atoms with van der Waals surface area (Å²) in [6.45, 7) is 1.28. The van der Waals surface area contributed by atoms with Crippen molar-refractivity contribution in [3.05, 3.63) is 0 Å². The van der Waals surface area contributed by atoms with Crippen LogP contribution in [-0.4, -0.2) is 53.7 Å². The van der Waals surface area contributed by atoms with Crippen LogP contribution in [0.25, 0.3) is 0 Å². The molecule has 0 bridgehead atoms. The molecule has 1 atom stereocenters. The molecular weight excluding hydrogens is 196 g/mol. The number of piperidine rings is 1. The molecule has 0 aromatic heterocycles. The highest BCUT2D eigenvalue weighted by Crippen LogP contribution is 2.28. The van der Waals surface area contributed by atoms with Crippen molar-refractivity contribution in [2.75, 3.05) is 31.6 Å². The monoisotopic (exact) mass is 211 g/mol. The molecule has 0 aliphatic carbocycles. The van der Waals surface area contributed by atoms with E-state index in [1.54, 1.807) is 11.8 Å². The first-order valence-electron chi connectivity index (χ1n) is 4.33. The molecule has 5 heteroatoms. The Morgan fingerprint density at radius 1 is 1.62 bits per heavy atom. The first-order valence-corrected chi connectivity index (χ1v) is 5.73. The van der Waals surface area contributed by atoms with Crippen molar-refractivity contribution in [2.45, 2.75) is 18.4 Å². The third kappa shape index (κ3) is 3.07. The van der Waals surface area contributed by atoms with Crippen molar-refractivity contribution in [2.24, 2.45) is 0 Å². The zero-order valence-electron chi connectivity index (χ0n) is 7.67. The molecule has 0 amide bonds. The maximum absolute atomic E-state index is 12.8. The number of aliphatic hydroxyl groups excluding tert-OH is 1. The lowest BCUT2D eigenvalue weighted by atomic mass is 10.0. The smallest absolute Gasteiger partial charge is 0.275 e. The molecule has 0 spiro atoms. The van der Waals surface area contributed by atoms with Crippen molar-refractivity contribution < 1.29 is 13.9 Å². The lowest BCUT2D eigenvalue weighted by Crippen LogP contribution is -2.51. The van der Waals surface area contributed by atoms with Gasteiger partial charge < -0.3 is 5.11 Å². The number of nitrogens with zero attached hydrogens (tertiary/aromatic N) is 1. The van der Waals surface area contributed by atoms with Gasteiger partial charge >= 0.3 is 0 Å². The van der Waals surface area contributed by atoms with Crippen LogP contribution < -0.4 is 0 Å². The van der Waals surface area contributed by atoms with Gasteiger partial charge in [0.25, 0.3) is 5.92 Å². The van der Waals surface area contributed by atoms with E-state index in [4.69, 9.17) is 5.11 Å². The summed E-state index contributed by atoms with van der Waals surface area (Å²) in [7, 11) is 0. The number of thioether (sulfide) groups is 1. The van der Waals surface area contributed by atoms with E-state index in [1.165, 1.54) is 0 Å². The van der Waals surface area contributed by atoms with Crippen molar-refractivity contribution >= 4 is 11.8 Å². The molecule has 0 aromatic carbocycles. The number of rotatable bonds is 3. The Kier molecular flexibility index (Phi) is 3.94. The molecule has 0 aromatic rings. The second-order valence-electron chi connectivity index (χ2n) is 3.32. The second kappa shape index (κ2) is 4.57. The molecule has 2 nitrogen and oxygen atoms in total. The van der Waals surface area contributed by atoms with E-state index in [1.807, 2.05) is 11.2 Å². The lowest BCUT2D eigenvalue weighted by Gasteiger charge is -2.35. The minimum absolute atomic E-state index is 0.105. The summed E-state index contributed by atoms with van der Waals surface area (Å²) in [5, 5.41) is 9.11. The Morgan fingerprint density at radius 3 is 2.85 bits per heavy atom. The molecular formula is C8H15F2NOS. The van der Waals surface area contributed by atoms with E-state index < -0.39 is 12.0 Å². The van der Waals surface area contributed by atoms with Crippen LogP contribution >= 0.6 is 11.8 Å². The summed E-state index contributed by atoms with van der Waals surface area (Å²) in [5.74, 6) is -1.95. The fraction of sp³-hybridized carbons (Fsp3) is 1.00. The Labute approximate surface area is 81.3 Å². The molecule has 0 saturated carbocycles. The van der Waals surface area contributed by atoms with Crippen molar-refractivity contribution in [3.63, 3.8) is 0 Å². The molecule has 1 aliphatic heterocycles. The van der Waals surface area contributed by atoms with Crippen LogP contribution in [0.3, 0.4) is 0 Å². The largest absolute Gasteiger partial charge is 0.386 e. The van der Waals surface area contributed by atoms with Gasteiger partial charge in [-0.3, -0.25) is 4.90 Å². The highest BCUT2D eigenvalue weighted by atomic mass is 32.2. The Bertz CT molecular complexity index is 168. The SMILES string of the molecule is CSCCN1CCC(F)(F)C(O)C1. The summed E-state index contributed by atoms with van der Waals surface area (Å²) < 4.78 is 25.6. The highest BCUT2D eigenvalue weighted by molar-refractivity contribution is 7.98. The van der Waals surface area contributed by atoms with Gasteiger partial charge in [-0.1, -0.05) is 0 Å². The van der Waals surface area contributed by atoms with Crippen molar-refractivity contribution in [1.29, 1.82) is 0 Å². The highest BCUT2D eigenvalue weighted by Gasteiger charge is 2.42. The molecule has 13 heavy (non-hydrogen) atoms. The number of likely N-dealkylation sites (tertiary alicyclic amines) is 1. The van der Waals surface area contributed by atoms with E-state index >= 15 is 0 Å². The van der Waals surface area contributed by atoms with E-state index in [-0.39, 0.29) is 13.0 Å². The zero-order valence-corrected chi connectivity index (χ0v) is 8.49. The molecule has 1 saturated heterocycles. The van der Waals surface area contributed by atoms with Crippen LogP contribution in [0.4, 0.5) is 8.78 Å². The molecule has 1 rings (SSSR count). The summed E-state index contributed by atoms with van der Waals surface area (Å²) in [6, 6.07) is 0. The van der Waals surface area contributed by atoms with Crippen LogP contribution in [0, 0.1) is 0 Å². The molecule has 1 aliphatic rings. The van der Waals surface area contributed by atoms with Crippen LogP contribution in [0.5, 0.6) is 0 Å². The van der Waals surface area contributed by atoms with Crippen molar-refractivity contribution in [3.8, 4) is 0 Å². The number of β-amino-alcohol motifs (C(OH)–C–C–N with tert-alkyl or cyclic N) is 1. The third-order valence-corrected chi connectivity index (χ3v) is 2.88. The Morgan fingerprint density at radius 2 is 2.31 bits per heavy atom. The van der Waals surface area contributed by atoms with Crippen LogP contribution in [0.1, 0.15) is 6.42 Å². The quantitative estimate of drug-likeness (QED) is 0.755. The predicted octanol–water partition coefficient (Wildman–Crippen LogP) is 1.05. The number of halogens is 2. The van der Waals surface area contributed by atoms with E-state index in [9.17, 15) is 8.78 Å². The number of aliphatic hydroxyl groups is 1. The van der Waals surface area contributed by atoms with E-state index in [2.05, 4.69) is 0 Å². The number of hydrogen-bond acceptors (Lipinski definition) is 3. The van der Waals surface area contributed by atoms with Crippen LogP contribution in [-0.2, 0) is 0 Å². The lowest BCUT2D eigenvalue weighted by molar-refractivity contribution is -0.146. The zero-order chi connectivity index (χ0) is 9.90. The molecule has 1 N–H and O–H groups in total. The fourth-order valence-electron chi connectivity index (χ4n) is 1.37. The Hall–Kier alpha value is 0.130. The summed E-state index contributed by atoms with van der Waals surface area (Å²) >= 11 is 1.69. The normalized spacial score (nSPS) is 29.1. The minimum Gasteiger partial charge on any atom is -0.386 e. The topological polar surface area (TPSA) is 23.5 Å². The molecule has 1 fully saturated rings. The third-order valence-electron chi connectivity index (χ3n) is 2.29. The number of hydrogen-bond donors (Lipinski definition) is 1. The fourth-order valence-corrected chi connectivity index (χ4v) is 1.81. The van der Waals surface area contributed by atoms with Gasteiger partial charge in [0.05, 0.1) is 0 Å². The van der Waals surface area contributed by atoms with Gasteiger partial charge in [-0.15, -0.1) is 0 Å². The maximum atomic E-state index is 12.8. The van der Waals surface area contributed by atoms with Gasteiger partial charge in [0.2, 0.25) is 0 Å². The van der Waals surface area contributed by atoms with Gasteiger partial charge in [-0.05, 0) is 6.26 Å². The molecule has 1 heterocycles. The van der Waals surface area contributed by atoms with Gasteiger partial charge in [0, 0.05) is 31.8 Å². The second-order valence-corrected chi connectivity index (χ2v) is 4.31. The van der Waals surface area contributed by atoms with Gasteiger partial charge in [0.15, 0.2) is 0 Å². The first kappa shape index (κ1) is 11.2. The number of alkyl halides is 2.